The highest BCUT2D eigenvalue weighted by Crippen LogP contribution is 1.43. The molecule has 9 N–H and O–H groups in total. The van der Waals surface area contributed by atoms with E-state index in [0.717, 1.165) is 27.7 Å². The Hall–Kier alpha value is -2.93. The Labute approximate surface area is 139 Å². The normalized spacial score (nSPS) is 6.42. The molecule has 0 amide bonds. The van der Waals surface area contributed by atoms with E-state index in [-0.39, 0.29) is 0 Å². The van der Waals surface area contributed by atoms with Gasteiger partial charge in [-0.3, -0.25) is 24.4 Å². The fraction of sp³-hybridized carbons (Fsp3) is 0.545. The Kier molecular flexibility index (Phi) is 57.4. The molecule has 0 atom stereocenters. The lowest BCUT2D eigenvalue weighted by molar-refractivity contribution is -0.719. The van der Waals surface area contributed by atoms with E-state index in [0.29, 0.717) is 13.1 Å². The van der Waals surface area contributed by atoms with Gasteiger partial charge in [0.15, 0.2) is 6.72 Å². The number of nitrogens with two attached hydrogens (primary N) is 2. The van der Waals surface area contributed by atoms with Gasteiger partial charge in [-0.2, -0.15) is 0 Å². The van der Waals surface area contributed by atoms with Gasteiger partial charge in [0.1, 0.15) is 0 Å². The Bertz CT molecular complexity index is 242. The van der Waals surface area contributed by atoms with Gasteiger partial charge in [0.2, 0.25) is 0 Å². The van der Waals surface area contributed by atoms with Crippen LogP contribution in [0.1, 0.15) is 27.7 Å². The topological polar surface area (TPSA) is 248 Å². The molecule has 0 aliphatic rings. The van der Waals surface area contributed by atoms with Crippen LogP contribution in [0.15, 0.2) is 0 Å². The van der Waals surface area contributed by atoms with Crippen LogP contribution in [-0.2, 0) is 19.2 Å². The molecule has 13 heteroatoms. The monoisotopic (exact) mass is 361 g/mol. The Morgan fingerprint density at radius 3 is 0.833 bits per heavy atom. The summed E-state index contributed by atoms with van der Waals surface area (Å²) < 4.78 is 0. The summed E-state index contributed by atoms with van der Waals surface area (Å²) in [5.74, 6) is -3.33. The van der Waals surface area contributed by atoms with Crippen molar-refractivity contribution in [3.8, 4) is 0 Å². The summed E-state index contributed by atoms with van der Waals surface area (Å²) in [5, 5.41) is 45.7. The van der Waals surface area contributed by atoms with Crippen molar-refractivity contribution in [2.45, 2.75) is 27.7 Å². The molecule has 0 bridgehead atoms. The maximum Gasteiger partial charge on any atom is 0.300 e. The van der Waals surface area contributed by atoms with Crippen LogP contribution in [0.4, 0.5) is 0 Å². The number of carboxylic acid groups (broad SMARTS) is 4. The van der Waals surface area contributed by atoms with Crippen LogP contribution in [0.25, 0.3) is 0 Å². The zero-order valence-electron chi connectivity index (χ0n) is 14.0. The molecule has 0 aromatic rings. The van der Waals surface area contributed by atoms with Crippen molar-refractivity contribution in [2.24, 2.45) is 11.5 Å². The third-order valence-corrected chi connectivity index (χ3v) is 0.167. The van der Waals surface area contributed by atoms with E-state index in [4.69, 9.17) is 61.5 Å². The van der Waals surface area contributed by atoms with Crippen LogP contribution in [0.2, 0.25) is 0 Å². The van der Waals surface area contributed by atoms with Gasteiger partial charge in [-0.15, -0.1) is 0 Å². The number of aliphatic carboxylic acids is 4. The zero-order valence-corrected chi connectivity index (χ0v) is 14.0. The smallest absolute Gasteiger partial charge is 0.300 e. The van der Waals surface area contributed by atoms with Crippen molar-refractivity contribution >= 4 is 30.6 Å². The molecule has 13 nitrogen and oxygen atoms in total. The summed E-state index contributed by atoms with van der Waals surface area (Å²) in [6, 6.07) is 0. The molecule has 0 aliphatic heterocycles. The van der Waals surface area contributed by atoms with Crippen molar-refractivity contribution in [3.63, 3.8) is 0 Å². The molecule has 0 heterocycles. The lowest BCUT2D eigenvalue weighted by Gasteiger charge is -1.72. The van der Waals surface area contributed by atoms with Crippen LogP contribution < -0.4 is 11.5 Å². The van der Waals surface area contributed by atoms with Crippen LogP contribution in [0, 0.1) is 5.21 Å². The quantitative estimate of drug-likeness (QED) is 0.127. The average molecular weight is 361 g/mol. The predicted octanol–water partition coefficient (Wildman–Crippen LogP) is -1.15. The number of rotatable bonds is 1. The fourth-order valence-electron chi connectivity index (χ4n) is 0. The summed E-state index contributed by atoms with van der Waals surface area (Å²) in [5.41, 5.74) is 9.81. The lowest BCUT2D eigenvalue weighted by Crippen LogP contribution is -2.11. The molecule has 0 aromatic heterocycles. The minimum Gasteiger partial charge on any atom is -0.481 e. The molecule has 24 heavy (non-hydrogen) atoms. The van der Waals surface area contributed by atoms with Crippen molar-refractivity contribution in [2.75, 3.05) is 13.1 Å². The number of carbonyl (C=O) groups is 4. The van der Waals surface area contributed by atoms with E-state index in [1.165, 1.54) is 0 Å². The van der Waals surface area contributed by atoms with Crippen LogP contribution in [-0.4, -0.2) is 74.2 Å². The second-order valence-electron chi connectivity index (χ2n) is 3.01. The molecule has 0 saturated carbocycles. The molecule has 146 valence electrons. The van der Waals surface area contributed by atoms with Gasteiger partial charge in [0.25, 0.3) is 23.9 Å². The molecule has 0 unspecified atom stereocenters. The summed E-state index contributed by atoms with van der Waals surface area (Å²) in [7, 11) is 0. The first-order chi connectivity index (χ1) is 10.6. The van der Waals surface area contributed by atoms with E-state index < -0.39 is 28.8 Å². The predicted molar refractivity (Wildman–Crippen MR) is 83.9 cm³/mol. The van der Waals surface area contributed by atoms with Gasteiger partial charge in [-0.05, 0) is 0 Å². The molecule has 0 spiro atoms. The van der Waals surface area contributed by atoms with Gasteiger partial charge in [-0.1, -0.05) is 0 Å². The van der Waals surface area contributed by atoms with E-state index in [2.05, 4.69) is 6.72 Å². The van der Waals surface area contributed by atoms with E-state index in [1.807, 2.05) is 0 Å². The second-order valence-corrected chi connectivity index (χ2v) is 3.01. The highest BCUT2D eigenvalue weighted by atomic mass is 16.8. The van der Waals surface area contributed by atoms with Gasteiger partial charge in [-0.25, -0.2) is 0 Å². The van der Waals surface area contributed by atoms with Gasteiger partial charge < -0.3 is 37.1 Å². The van der Waals surface area contributed by atoms with Crippen molar-refractivity contribution in [3.05, 3.63) is 5.21 Å². The van der Waals surface area contributed by atoms with Gasteiger partial charge >= 0.3 is 0 Å². The minimum atomic E-state index is -0.833. The van der Waals surface area contributed by atoms with Crippen molar-refractivity contribution < 1.29 is 49.7 Å². The van der Waals surface area contributed by atoms with E-state index >= 15 is 0 Å². The molecule has 0 radical (unpaired) electrons. The van der Waals surface area contributed by atoms with Crippen LogP contribution in [0.3, 0.4) is 0 Å². The number of hydrogen-bond donors (Lipinski definition) is 7. The summed E-state index contributed by atoms with van der Waals surface area (Å²) in [6.07, 6.45) is 0. The first-order valence-corrected chi connectivity index (χ1v) is 5.73. The number of carboxylic acids is 4. The fourth-order valence-corrected chi connectivity index (χ4v) is 0. The SMILES string of the molecule is C=[N+]([O-])O.CC(=O)O.CC(=O)O.CC(=O)O.CC(=O)O.NCCN. The first-order valence-electron chi connectivity index (χ1n) is 5.73. The summed E-state index contributed by atoms with van der Waals surface area (Å²) in [4.78, 5) is 35.5. The third-order valence-electron chi connectivity index (χ3n) is 0.167. The maximum atomic E-state index is 9.00. The van der Waals surface area contributed by atoms with Crippen molar-refractivity contribution in [1.29, 1.82) is 0 Å². The standard InChI is InChI=1S/C2H8N2.4C2H4O2.CH3NO2/c3-1-2-4;5*1-2(3)4/h1-4H2;4*1H3,(H,3,4);1H2,(H,3,4). The lowest BCUT2D eigenvalue weighted by atomic mass is 10.7. The summed E-state index contributed by atoms with van der Waals surface area (Å²) in [6.45, 7) is 8.00. The molecule has 0 aliphatic carbocycles. The number of nitrogens with zero attached hydrogens (tertiary/aromatic N) is 1. The molecule has 0 fully saturated rings. The van der Waals surface area contributed by atoms with Crippen LogP contribution in [0.5, 0.6) is 0 Å². The summed E-state index contributed by atoms with van der Waals surface area (Å²) >= 11 is 0. The van der Waals surface area contributed by atoms with Gasteiger partial charge in [0, 0.05) is 45.7 Å². The van der Waals surface area contributed by atoms with E-state index in [1.54, 1.807) is 0 Å². The van der Waals surface area contributed by atoms with E-state index in [9.17, 15) is 0 Å². The second kappa shape index (κ2) is 36.9. The molecule has 0 saturated heterocycles. The maximum absolute atomic E-state index is 9.00. The molecular formula is C11H27N3O10. The minimum absolute atomic E-state index is 0.500. The highest BCUT2D eigenvalue weighted by molar-refractivity contribution is 5.63. The van der Waals surface area contributed by atoms with Crippen LogP contribution >= 0.6 is 0 Å². The van der Waals surface area contributed by atoms with Crippen molar-refractivity contribution in [1.82, 2.24) is 0 Å². The Balaban J connectivity index is -0.0000000405. The average Bonchev–Trinajstić information content (AvgIpc) is 2.24. The molecule has 0 aromatic carbocycles. The van der Waals surface area contributed by atoms with Gasteiger partial charge in [0.05, 0.1) is 0 Å². The molecular weight excluding hydrogens is 334 g/mol. The Morgan fingerprint density at radius 1 is 0.792 bits per heavy atom. The molecule has 0 rings (SSSR count). The number of hydrogen-bond acceptors (Lipinski definition) is 8. The Morgan fingerprint density at radius 2 is 0.833 bits per heavy atom. The zero-order chi connectivity index (χ0) is 21.3. The first kappa shape index (κ1) is 37.4. The third kappa shape index (κ3) is 1670. The highest BCUT2D eigenvalue weighted by Gasteiger charge is 1.66. The largest absolute Gasteiger partial charge is 0.481 e.